The van der Waals surface area contributed by atoms with Gasteiger partial charge in [-0.2, -0.15) is 5.26 Å². The molecule has 0 bridgehead atoms. The highest BCUT2D eigenvalue weighted by Crippen LogP contribution is 2.42. The second-order valence-electron chi connectivity index (χ2n) is 7.18. The van der Waals surface area contributed by atoms with Crippen molar-refractivity contribution in [3.05, 3.63) is 45.9 Å². The van der Waals surface area contributed by atoms with E-state index in [1.54, 1.807) is 18.2 Å². The first-order chi connectivity index (χ1) is 14.7. The normalized spacial score (nSPS) is 16.2. The molecule has 0 N–H and O–H groups in total. The summed E-state index contributed by atoms with van der Waals surface area (Å²) >= 11 is 12.3. The zero-order valence-electron chi connectivity index (χ0n) is 16.6. The van der Waals surface area contributed by atoms with Gasteiger partial charge in [0, 0.05) is 32.7 Å². The highest BCUT2D eigenvalue weighted by molar-refractivity contribution is 6.37. The average molecular weight is 448 g/mol. The lowest BCUT2D eigenvalue weighted by atomic mass is 10.1. The van der Waals surface area contributed by atoms with E-state index >= 15 is 0 Å². The number of fused-ring (bicyclic) bond motifs is 1. The third-order valence-electron chi connectivity index (χ3n) is 5.28. The van der Waals surface area contributed by atoms with Crippen LogP contribution in [0.15, 0.2) is 30.3 Å². The van der Waals surface area contributed by atoms with E-state index in [2.05, 4.69) is 15.9 Å². The molecule has 2 heterocycles. The first-order valence-electron chi connectivity index (χ1n) is 10.0. The molecule has 0 aromatic heterocycles. The van der Waals surface area contributed by atoms with Crippen LogP contribution in [0.3, 0.4) is 0 Å². The molecule has 2 aromatic carbocycles. The number of piperazine rings is 1. The lowest BCUT2D eigenvalue weighted by Crippen LogP contribution is -2.47. The van der Waals surface area contributed by atoms with E-state index in [-0.39, 0.29) is 0 Å². The van der Waals surface area contributed by atoms with Crippen LogP contribution in [-0.2, 0) is 0 Å². The largest absolute Gasteiger partial charge is 0.490 e. The van der Waals surface area contributed by atoms with E-state index in [9.17, 15) is 5.26 Å². The molecule has 1 fully saturated rings. The highest BCUT2D eigenvalue weighted by atomic mass is 35.5. The van der Waals surface area contributed by atoms with Gasteiger partial charge in [0.1, 0.15) is 19.3 Å². The van der Waals surface area contributed by atoms with E-state index < -0.39 is 0 Å². The molecule has 0 unspecified atom stereocenters. The number of hydrogen-bond acceptors (Lipinski definition) is 6. The number of hydrogen-bond donors (Lipinski definition) is 0. The third-order valence-corrected chi connectivity index (χ3v) is 5.88. The Hall–Kier alpha value is -2.33. The molecule has 30 heavy (non-hydrogen) atoms. The van der Waals surface area contributed by atoms with Gasteiger partial charge in [0.2, 0.25) is 0 Å². The van der Waals surface area contributed by atoms with Gasteiger partial charge < -0.3 is 19.1 Å². The lowest BCUT2D eigenvalue weighted by molar-refractivity contribution is 0.170. The van der Waals surface area contributed by atoms with Crippen LogP contribution in [0.25, 0.3) is 0 Å². The number of para-hydroxylation sites is 1. The maximum absolute atomic E-state index is 9.30. The lowest BCUT2D eigenvalue weighted by Gasteiger charge is -2.37. The van der Waals surface area contributed by atoms with Gasteiger partial charge in [-0.25, -0.2) is 0 Å². The number of nitrogens with zero attached hydrogens (tertiary/aromatic N) is 3. The number of ether oxygens (including phenoxy) is 3. The number of nitriles is 1. The van der Waals surface area contributed by atoms with Gasteiger partial charge >= 0.3 is 0 Å². The van der Waals surface area contributed by atoms with Crippen molar-refractivity contribution in [3.63, 3.8) is 0 Å². The van der Waals surface area contributed by atoms with Gasteiger partial charge in [0.05, 0.1) is 27.9 Å². The molecule has 2 aliphatic rings. The molecule has 158 valence electrons. The van der Waals surface area contributed by atoms with Crippen LogP contribution in [0, 0.1) is 11.3 Å². The van der Waals surface area contributed by atoms with Gasteiger partial charge in [-0.05, 0) is 30.7 Å². The Kier molecular flexibility index (Phi) is 6.73. The van der Waals surface area contributed by atoms with Crippen LogP contribution in [-0.4, -0.2) is 57.4 Å². The van der Waals surface area contributed by atoms with E-state index in [1.807, 2.05) is 12.1 Å². The average Bonchev–Trinajstić information content (AvgIpc) is 2.78. The Morgan fingerprint density at radius 1 is 0.967 bits per heavy atom. The summed E-state index contributed by atoms with van der Waals surface area (Å²) in [5, 5.41) is 10.4. The maximum atomic E-state index is 9.30. The molecule has 0 saturated carbocycles. The Bertz CT molecular complexity index is 920. The Labute approximate surface area is 186 Å². The van der Waals surface area contributed by atoms with E-state index in [0.717, 1.165) is 44.8 Å². The molecule has 0 aliphatic carbocycles. The van der Waals surface area contributed by atoms with Crippen molar-refractivity contribution >= 4 is 28.9 Å². The van der Waals surface area contributed by atoms with Crippen LogP contribution in [0.4, 0.5) is 5.69 Å². The van der Waals surface area contributed by atoms with Crippen LogP contribution in [0.1, 0.15) is 12.0 Å². The molecule has 2 aliphatic heterocycles. The zero-order valence-corrected chi connectivity index (χ0v) is 18.1. The van der Waals surface area contributed by atoms with E-state index in [1.165, 1.54) is 0 Å². The number of halogens is 2. The fourth-order valence-corrected chi connectivity index (χ4v) is 4.26. The topological polar surface area (TPSA) is 58.0 Å². The minimum absolute atomic E-state index is 0.473. The van der Waals surface area contributed by atoms with Gasteiger partial charge in [0.25, 0.3) is 0 Å². The van der Waals surface area contributed by atoms with E-state index in [4.69, 9.17) is 37.4 Å². The number of benzene rings is 2. The summed E-state index contributed by atoms with van der Waals surface area (Å²) in [5.74, 6) is 1.82. The van der Waals surface area contributed by atoms with E-state index in [0.29, 0.717) is 52.7 Å². The summed E-state index contributed by atoms with van der Waals surface area (Å²) in [7, 11) is 0. The smallest absolute Gasteiger partial charge is 0.186 e. The van der Waals surface area contributed by atoms with Gasteiger partial charge in [-0.3, -0.25) is 4.90 Å². The monoisotopic (exact) mass is 447 g/mol. The van der Waals surface area contributed by atoms with Gasteiger partial charge in [-0.15, -0.1) is 0 Å². The summed E-state index contributed by atoms with van der Waals surface area (Å²) in [4.78, 5) is 4.71. The number of anilines is 1. The molecular weight excluding hydrogens is 425 g/mol. The quantitative estimate of drug-likeness (QED) is 0.617. The van der Waals surface area contributed by atoms with Crippen LogP contribution in [0.2, 0.25) is 10.0 Å². The Balaban J connectivity index is 1.28. The standard InChI is InChI=1S/C22H23Cl2N3O3/c23-17-3-1-4-18(24)21(17)28-12-2-7-26-8-10-27(11-9-26)19-6-5-16(15-25)20-22(19)30-14-13-29-20/h1,3-6H,2,7-14H2. The van der Waals surface area contributed by atoms with Crippen LogP contribution < -0.4 is 19.1 Å². The minimum Gasteiger partial charge on any atom is -0.490 e. The molecule has 1 saturated heterocycles. The first-order valence-corrected chi connectivity index (χ1v) is 10.8. The number of rotatable bonds is 6. The second kappa shape index (κ2) is 9.65. The predicted molar refractivity (Wildman–Crippen MR) is 117 cm³/mol. The molecule has 0 spiro atoms. The molecule has 0 atom stereocenters. The SMILES string of the molecule is N#Cc1ccc(N2CCN(CCCOc3c(Cl)cccc3Cl)CC2)c2c1OCCO2. The summed E-state index contributed by atoms with van der Waals surface area (Å²) in [6.07, 6.45) is 0.894. The minimum atomic E-state index is 0.473. The van der Waals surface area contributed by atoms with Crippen molar-refractivity contribution in [1.82, 2.24) is 4.90 Å². The van der Waals surface area contributed by atoms with Crippen molar-refractivity contribution in [3.8, 4) is 23.3 Å². The summed E-state index contributed by atoms with van der Waals surface area (Å²) in [6, 6.07) is 11.3. The van der Waals surface area contributed by atoms with Crippen LogP contribution in [0.5, 0.6) is 17.2 Å². The van der Waals surface area contributed by atoms with Crippen molar-refractivity contribution in [1.29, 1.82) is 5.26 Å². The van der Waals surface area contributed by atoms with Gasteiger partial charge in [-0.1, -0.05) is 29.3 Å². The predicted octanol–water partition coefficient (Wildman–Crippen LogP) is 4.23. The third kappa shape index (κ3) is 4.54. The highest BCUT2D eigenvalue weighted by Gasteiger charge is 2.25. The van der Waals surface area contributed by atoms with Crippen LogP contribution >= 0.6 is 23.2 Å². The van der Waals surface area contributed by atoms with Crippen molar-refractivity contribution in [2.24, 2.45) is 0 Å². The zero-order chi connectivity index (χ0) is 20.9. The second-order valence-corrected chi connectivity index (χ2v) is 8.00. The molecule has 4 rings (SSSR count). The molecule has 2 aromatic rings. The Morgan fingerprint density at radius 2 is 1.67 bits per heavy atom. The molecule has 6 nitrogen and oxygen atoms in total. The molecule has 0 radical (unpaired) electrons. The van der Waals surface area contributed by atoms with Gasteiger partial charge in [0.15, 0.2) is 17.2 Å². The summed E-state index contributed by atoms with van der Waals surface area (Å²) in [5.41, 5.74) is 1.52. The first kappa shape index (κ1) is 20.9. The molecular formula is C22H23Cl2N3O3. The fourth-order valence-electron chi connectivity index (χ4n) is 3.75. The summed E-state index contributed by atoms with van der Waals surface area (Å²) < 4.78 is 17.3. The molecule has 8 heteroatoms. The Morgan fingerprint density at radius 3 is 2.37 bits per heavy atom. The fraction of sp³-hybridized carbons (Fsp3) is 0.409. The summed E-state index contributed by atoms with van der Waals surface area (Å²) in [6.45, 7) is 6.16. The molecule has 0 amide bonds. The maximum Gasteiger partial charge on any atom is 0.186 e. The van der Waals surface area contributed by atoms with Crippen molar-refractivity contribution in [2.45, 2.75) is 6.42 Å². The van der Waals surface area contributed by atoms with Crippen molar-refractivity contribution < 1.29 is 14.2 Å². The van der Waals surface area contributed by atoms with Crippen molar-refractivity contribution in [2.75, 3.05) is 57.4 Å².